The molecule has 0 atom stereocenters. The summed E-state index contributed by atoms with van der Waals surface area (Å²) in [4.78, 5) is 35.7. The number of anilines is 1. The van der Waals surface area contributed by atoms with E-state index in [1.54, 1.807) is 24.3 Å². The standard InChI is InChI=1S/C18H17ClN2O5/c1-20-17(23)11-4-3-5-13(8-11)21-16(22)10-26-18(24)14-9-12(19)6-7-15(14)25-2/h3-9H,10H2,1-2H3,(H,20,23)(H,21,22). The normalized spacial score (nSPS) is 9.96. The molecule has 0 saturated carbocycles. The minimum absolute atomic E-state index is 0.120. The van der Waals surface area contributed by atoms with Gasteiger partial charge < -0.3 is 20.1 Å². The Morgan fingerprint density at radius 3 is 2.58 bits per heavy atom. The fraction of sp³-hybridized carbons (Fsp3) is 0.167. The van der Waals surface area contributed by atoms with Gasteiger partial charge in [-0.1, -0.05) is 17.7 Å². The second kappa shape index (κ2) is 8.87. The van der Waals surface area contributed by atoms with Gasteiger partial charge in [-0.2, -0.15) is 0 Å². The molecule has 0 aromatic heterocycles. The Balaban J connectivity index is 1.98. The number of methoxy groups -OCH3 is 1. The van der Waals surface area contributed by atoms with Gasteiger partial charge >= 0.3 is 5.97 Å². The van der Waals surface area contributed by atoms with Crippen molar-refractivity contribution in [1.82, 2.24) is 5.32 Å². The molecule has 2 rings (SSSR count). The molecule has 0 radical (unpaired) electrons. The topological polar surface area (TPSA) is 93.7 Å². The predicted molar refractivity (Wildman–Crippen MR) is 96.7 cm³/mol. The highest BCUT2D eigenvalue weighted by Crippen LogP contribution is 2.23. The Hall–Kier alpha value is -3.06. The Labute approximate surface area is 155 Å². The monoisotopic (exact) mass is 376 g/mol. The number of carbonyl (C=O) groups is 3. The van der Waals surface area contributed by atoms with Crippen molar-refractivity contribution in [3.05, 3.63) is 58.6 Å². The molecule has 0 saturated heterocycles. The molecule has 0 unspecified atom stereocenters. The molecule has 0 spiro atoms. The molecule has 2 amide bonds. The third-order valence-corrected chi connectivity index (χ3v) is 3.59. The van der Waals surface area contributed by atoms with Crippen LogP contribution in [-0.2, 0) is 9.53 Å². The molecule has 26 heavy (non-hydrogen) atoms. The SMILES string of the molecule is CNC(=O)c1cccc(NC(=O)COC(=O)c2cc(Cl)ccc2OC)c1. The highest BCUT2D eigenvalue weighted by Gasteiger charge is 2.16. The molecule has 7 nitrogen and oxygen atoms in total. The molecule has 0 aliphatic rings. The molecule has 2 aromatic rings. The van der Waals surface area contributed by atoms with Crippen LogP contribution in [0.5, 0.6) is 5.75 Å². The van der Waals surface area contributed by atoms with Crippen molar-refractivity contribution >= 4 is 35.1 Å². The summed E-state index contributed by atoms with van der Waals surface area (Å²) in [7, 11) is 2.92. The van der Waals surface area contributed by atoms with E-state index in [0.29, 0.717) is 16.3 Å². The quantitative estimate of drug-likeness (QED) is 0.755. The minimum Gasteiger partial charge on any atom is -0.496 e. The van der Waals surface area contributed by atoms with Crippen LogP contribution in [-0.4, -0.2) is 38.5 Å². The number of amides is 2. The first kappa shape index (κ1) is 19.3. The predicted octanol–water partition coefficient (Wildman–Crippen LogP) is 2.50. The fourth-order valence-corrected chi connectivity index (χ4v) is 2.30. The molecule has 2 N–H and O–H groups in total. The van der Waals surface area contributed by atoms with Crippen LogP contribution < -0.4 is 15.4 Å². The summed E-state index contributed by atoms with van der Waals surface area (Å²) >= 11 is 5.86. The van der Waals surface area contributed by atoms with E-state index in [1.165, 1.54) is 32.4 Å². The van der Waals surface area contributed by atoms with Crippen molar-refractivity contribution < 1.29 is 23.9 Å². The van der Waals surface area contributed by atoms with Gasteiger partial charge in [0.15, 0.2) is 6.61 Å². The molecule has 2 aromatic carbocycles. The second-order valence-electron chi connectivity index (χ2n) is 5.13. The molecule has 0 aliphatic heterocycles. The van der Waals surface area contributed by atoms with Gasteiger partial charge in [0.25, 0.3) is 11.8 Å². The molecule has 8 heteroatoms. The van der Waals surface area contributed by atoms with Crippen molar-refractivity contribution in [2.24, 2.45) is 0 Å². The number of hydrogen-bond acceptors (Lipinski definition) is 5. The second-order valence-corrected chi connectivity index (χ2v) is 5.57. The van der Waals surface area contributed by atoms with Gasteiger partial charge in [0.05, 0.1) is 7.11 Å². The lowest BCUT2D eigenvalue weighted by Crippen LogP contribution is -2.22. The van der Waals surface area contributed by atoms with E-state index < -0.39 is 18.5 Å². The number of esters is 1. The van der Waals surface area contributed by atoms with E-state index in [0.717, 1.165) is 0 Å². The zero-order chi connectivity index (χ0) is 19.1. The molecule has 136 valence electrons. The van der Waals surface area contributed by atoms with Crippen molar-refractivity contribution in [2.75, 3.05) is 26.1 Å². The fourth-order valence-electron chi connectivity index (χ4n) is 2.13. The van der Waals surface area contributed by atoms with E-state index >= 15 is 0 Å². The van der Waals surface area contributed by atoms with Gasteiger partial charge in [0.2, 0.25) is 0 Å². The smallest absolute Gasteiger partial charge is 0.342 e. The summed E-state index contributed by atoms with van der Waals surface area (Å²) in [6.45, 7) is -0.501. The van der Waals surface area contributed by atoms with Crippen LogP contribution in [0.15, 0.2) is 42.5 Å². The lowest BCUT2D eigenvalue weighted by atomic mass is 10.2. The summed E-state index contributed by atoms with van der Waals surface area (Å²) < 4.78 is 10.1. The zero-order valence-electron chi connectivity index (χ0n) is 14.2. The van der Waals surface area contributed by atoms with Gasteiger partial charge in [-0.3, -0.25) is 9.59 Å². The Kier molecular flexibility index (Phi) is 6.57. The Morgan fingerprint density at radius 1 is 1.12 bits per heavy atom. The summed E-state index contributed by atoms with van der Waals surface area (Å²) in [6.07, 6.45) is 0. The largest absolute Gasteiger partial charge is 0.496 e. The Bertz CT molecular complexity index is 838. The zero-order valence-corrected chi connectivity index (χ0v) is 14.9. The van der Waals surface area contributed by atoms with Crippen molar-refractivity contribution in [2.45, 2.75) is 0 Å². The van der Waals surface area contributed by atoms with Crippen molar-refractivity contribution in [3.8, 4) is 5.75 Å². The van der Waals surface area contributed by atoms with Gasteiger partial charge in [0.1, 0.15) is 11.3 Å². The summed E-state index contributed by atoms with van der Waals surface area (Å²) in [5.41, 5.74) is 0.924. The van der Waals surface area contributed by atoms with E-state index in [-0.39, 0.29) is 17.2 Å². The maximum atomic E-state index is 12.1. The first-order valence-electron chi connectivity index (χ1n) is 7.57. The summed E-state index contributed by atoms with van der Waals surface area (Å²) in [6, 6.07) is 10.9. The van der Waals surface area contributed by atoms with Crippen LogP contribution in [0.25, 0.3) is 0 Å². The summed E-state index contributed by atoms with van der Waals surface area (Å²) in [5, 5.41) is 5.39. The van der Waals surface area contributed by atoms with Gasteiger partial charge in [-0.15, -0.1) is 0 Å². The average Bonchev–Trinajstić information content (AvgIpc) is 2.65. The highest BCUT2D eigenvalue weighted by molar-refractivity contribution is 6.31. The Morgan fingerprint density at radius 2 is 1.88 bits per heavy atom. The number of ether oxygens (including phenoxy) is 2. The average molecular weight is 377 g/mol. The number of rotatable bonds is 6. The third kappa shape index (κ3) is 4.97. The molecule has 0 bridgehead atoms. The van der Waals surface area contributed by atoms with E-state index in [9.17, 15) is 14.4 Å². The first-order valence-corrected chi connectivity index (χ1v) is 7.95. The van der Waals surface area contributed by atoms with Gasteiger partial charge in [-0.25, -0.2) is 4.79 Å². The maximum Gasteiger partial charge on any atom is 0.342 e. The number of hydrogen-bond donors (Lipinski definition) is 2. The van der Waals surface area contributed by atoms with Crippen LogP contribution in [0.3, 0.4) is 0 Å². The summed E-state index contributed by atoms with van der Waals surface area (Å²) in [5.74, 6) is -1.27. The van der Waals surface area contributed by atoms with Crippen LogP contribution >= 0.6 is 11.6 Å². The molecule has 0 heterocycles. The minimum atomic E-state index is -0.737. The van der Waals surface area contributed by atoms with Crippen LogP contribution in [0.1, 0.15) is 20.7 Å². The van der Waals surface area contributed by atoms with Gasteiger partial charge in [-0.05, 0) is 36.4 Å². The van der Waals surface area contributed by atoms with Crippen LogP contribution in [0.4, 0.5) is 5.69 Å². The van der Waals surface area contributed by atoms with E-state index in [2.05, 4.69) is 10.6 Å². The molecule has 0 fully saturated rings. The van der Waals surface area contributed by atoms with Crippen molar-refractivity contribution in [1.29, 1.82) is 0 Å². The first-order chi connectivity index (χ1) is 12.4. The van der Waals surface area contributed by atoms with Crippen molar-refractivity contribution in [3.63, 3.8) is 0 Å². The lowest BCUT2D eigenvalue weighted by molar-refractivity contribution is -0.119. The molecular formula is C18H17ClN2O5. The van der Waals surface area contributed by atoms with Gasteiger partial charge in [0, 0.05) is 23.3 Å². The maximum absolute atomic E-state index is 12.1. The van der Waals surface area contributed by atoms with Crippen LogP contribution in [0, 0.1) is 0 Å². The number of carbonyl (C=O) groups excluding carboxylic acids is 3. The van der Waals surface area contributed by atoms with Crippen LogP contribution in [0.2, 0.25) is 5.02 Å². The molecular weight excluding hydrogens is 360 g/mol. The number of halogens is 1. The third-order valence-electron chi connectivity index (χ3n) is 3.35. The molecule has 0 aliphatic carbocycles. The highest BCUT2D eigenvalue weighted by atomic mass is 35.5. The number of benzene rings is 2. The lowest BCUT2D eigenvalue weighted by Gasteiger charge is -2.10. The van der Waals surface area contributed by atoms with E-state index in [4.69, 9.17) is 21.1 Å². The number of nitrogens with one attached hydrogen (secondary N) is 2. The van der Waals surface area contributed by atoms with E-state index in [1.807, 2.05) is 0 Å².